The van der Waals surface area contributed by atoms with E-state index in [-0.39, 0.29) is 26.2 Å². The van der Waals surface area contributed by atoms with Gasteiger partial charge in [-0.05, 0) is 12.5 Å². The number of Topliss-reactive ketones (excluding diaryl/α,β-unsaturated/α-hetero) is 1. The minimum Gasteiger partial charge on any atom is -0.466 e. The molecular formula is C15H19NO5. The third kappa shape index (κ3) is 6.56. The zero-order chi connectivity index (χ0) is 15.7. The Kier molecular flexibility index (Phi) is 6.94. The summed E-state index contributed by atoms with van der Waals surface area (Å²) in [6.45, 7) is 1.83. The number of hydrogen-bond acceptors (Lipinski definition) is 5. The van der Waals surface area contributed by atoms with E-state index in [0.717, 1.165) is 10.5 Å². The minimum absolute atomic E-state index is 0.135. The zero-order valence-electron chi connectivity index (χ0n) is 12.2. The molecule has 1 aromatic rings. The van der Waals surface area contributed by atoms with Crippen molar-refractivity contribution in [3.63, 3.8) is 0 Å². The fourth-order valence-corrected chi connectivity index (χ4v) is 1.59. The van der Waals surface area contributed by atoms with E-state index in [2.05, 4.69) is 4.74 Å². The second-order valence-corrected chi connectivity index (χ2v) is 4.42. The van der Waals surface area contributed by atoms with E-state index in [1.807, 2.05) is 30.3 Å². The Morgan fingerprint density at radius 1 is 1.10 bits per heavy atom. The average Bonchev–Trinajstić information content (AvgIpc) is 2.45. The molecule has 0 aliphatic carbocycles. The van der Waals surface area contributed by atoms with Crippen LogP contribution >= 0.6 is 0 Å². The first kappa shape index (κ1) is 16.7. The first-order valence-corrected chi connectivity index (χ1v) is 6.62. The highest BCUT2D eigenvalue weighted by atomic mass is 16.6. The van der Waals surface area contributed by atoms with Crippen molar-refractivity contribution in [2.75, 3.05) is 20.2 Å². The third-order valence-corrected chi connectivity index (χ3v) is 2.58. The molecule has 0 radical (unpaired) electrons. The number of ether oxygens (including phenoxy) is 2. The van der Waals surface area contributed by atoms with Gasteiger partial charge in [-0.1, -0.05) is 30.3 Å². The van der Waals surface area contributed by atoms with E-state index in [4.69, 9.17) is 4.74 Å². The molecule has 1 aromatic carbocycles. The van der Waals surface area contributed by atoms with Crippen LogP contribution in [-0.4, -0.2) is 42.9 Å². The summed E-state index contributed by atoms with van der Waals surface area (Å²) in [5, 5.41) is 0. The maximum atomic E-state index is 11.7. The maximum absolute atomic E-state index is 11.7. The predicted octanol–water partition coefficient (Wildman–Crippen LogP) is 1.78. The highest BCUT2D eigenvalue weighted by molar-refractivity contribution is 5.97. The van der Waals surface area contributed by atoms with Gasteiger partial charge >= 0.3 is 12.1 Å². The van der Waals surface area contributed by atoms with E-state index in [1.165, 1.54) is 7.05 Å². The molecule has 0 saturated carbocycles. The van der Waals surface area contributed by atoms with Gasteiger partial charge in [-0.2, -0.15) is 0 Å². The van der Waals surface area contributed by atoms with Gasteiger partial charge in [0.25, 0.3) is 0 Å². The van der Waals surface area contributed by atoms with Crippen LogP contribution in [0.4, 0.5) is 4.79 Å². The van der Waals surface area contributed by atoms with Crippen LogP contribution in [0, 0.1) is 0 Å². The summed E-state index contributed by atoms with van der Waals surface area (Å²) in [5.41, 5.74) is 0.858. The number of benzene rings is 1. The summed E-state index contributed by atoms with van der Waals surface area (Å²) < 4.78 is 9.73. The summed E-state index contributed by atoms with van der Waals surface area (Å²) in [7, 11) is 1.44. The van der Waals surface area contributed by atoms with E-state index < -0.39 is 17.8 Å². The lowest BCUT2D eigenvalue weighted by molar-refractivity contribution is -0.145. The Morgan fingerprint density at radius 2 is 1.76 bits per heavy atom. The van der Waals surface area contributed by atoms with Crippen molar-refractivity contribution >= 4 is 17.8 Å². The molecule has 0 fully saturated rings. The number of likely N-dealkylation sites (N-methyl/N-ethyl adjacent to an activating group) is 1. The number of esters is 1. The summed E-state index contributed by atoms with van der Waals surface area (Å²) in [6.07, 6.45) is -0.958. The number of carbonyl (C=O) groups is 3. The van der Waals surface area contributed by atoms with Crippen molar-refractivity contribution in [2.45, 2.75) is 20.0 Å². The summed E-state index contributed by atoms with van der Waals surface area (Å²) in [4.78, 5) is 35.5. The topological polar surface area (TPSA) is 72.9 Å². The molecule has 6 nitrogen and oxygen atoms in total. The number of amides is 1. The van der Waals surface area contributed by atoms with Gasteiger partial charge in [0.1, 0.15) is 13.0 Å². The van der Waals surface area contributed by atoms with Crippen molar-refractivity contribution in [1.82, 2.24) is 4.90 Å². The van der Waals surface area contributed by atoms with Crippen LogP contribution in [0.5, 0.6) is 0 Å². The Morgan fingerprint density at radius 3 is 2.38 bits per heavy atom. The number of carbonyl (C=O) groups excluding carboxylic acids is 3. The standard InChI is InChI=1S/C15H19NO5/c1-3-20-14(18)9-13(17)10-16(2)15(19)21-11-12-7-5-4-6-8-12/h4-8H,3,9-11H2,1-2H3. The Labute approximate surface area is 123 Å². The second kappa shape index (κ2) is 8.73. The molecule has 0 aromatic heterocycles. The van der Waals surface area contributed by atoms with Crippen molar-refractivity contribution < 1.29 is 23.9 Å². The lowest BCUT2D eigenvalue weighted by Gasteiger charge is -2.16. The molecule has 1 amide bonds. The summed E-state index contributed by atoms with van der Waals surface area (Å²) in [5.74, 6) is -0.985. The molecular weight excluding hydrogens is 274 g/mol. The van der Waals surface area contributed by atoms with Crippen LogP contribution in [0.3, 0.4) is 0 Å². The second-order valence-electron chi connectivity index (χ2n) is 4.42. The van der Waals surface area contributed by atoms with E-state index >= 15 is 0 Å². The Bertz CT molecular complexity index is 486. The number of hydrogen-bond donors (Lipinski definition) is 0. The van der Waals surface area contributed by atoms with Crippen LogP contribution in [0.1, 0.15) is 18.9 Å². The molecule has 0 spiro atoms. The highest BCUT2D eigenvalue weighted by Gasteiger charge is 2.17. The predicted molar refractivity (Wildman–Crippen MR) is 75.5 cm³/mol. The van der Waals surface area contributed by atoms with Crippen LogP contribution in [0.25, 0.3) is 0 Å². The highest BCUT2D eigenvalue weighted by Crippen LogP contribution is 2.03. The van der Waals surface area contributed by atoms with Gasteiger partial charge in [-0.25, -0.2) is 4.79 Å². The molecule has 0 heterocycles. The first-order chi connectivity index (χ1) is 10.0. The Hall–Kier alpha value is -2.37. The smallest absolute Gasteiger partial charge is 0.410 e. The number of rotatable bonds is 7. The van der Waals surface area contributed by atoms with Crippen molar-refractivity contribution in [1.29, 1.82) is 0 Å². The number of ketones is 1. The fraction of sp³-hybridized carbons (Fsp3) is 0.400. The molecule has 0 unspecified atom stereocenters. The van der Waals surface area contributed by atoms with E-state index in [9.17, 15) is 14.4 Å². The SMILES string of the molecule is CCOC(=O)CC(=O)CN(C)C(=O)OCc1ccccc1. The van der Waals surface area contributed by atoms with Crippen LogP contribution in [-0.2, 0) is 25.7 Å². The molecule has 21 heavy (non-hydrogen) atoms. The molecule has 0 saturated heterocycles. The normalized spacial score (nSPS) is 9.81. The molecule has 6 heteroatoms. The van der Waals surface area contributed by atoms with Crippen LogP contribution in [0.2, 0.25) is 0 Å². The molecule has 0 aliphatic heterocycles. The summed E-state index contributed by atoms with van der Waals surface area (Å²) in [6, 6.07) is 9.22. The molecule has 0 aliphatic rings. The van der Waals surface area contributed by atoms with Crippen molar-refractivity contribution in [3.8, 4) is 0 Å². The van der Waals surface area contributed by atoms with Gasteiger partial charge in [-0.3, -0.25) is 9.59 Å². The largest absolute Gasteiger partial charge is 0.466 e. The Balaban J connectivity index is 2.33. The van der Waals surface area contributed by atoms with Gasteiger partial charge in [0, 0.05) is 7.05 Å². The van der Waals surface area contributed by atoms with Crippen molar-refractivity contribution in [2.24, 2.45) is 0 Å². The van der Waals surface area contributed by atoms with Crippen molar-refractivity contribution in [3.05, 3.63) is 35.9 Å². The van der Waals surface area contributed by atoms with Crippen LogP contribution < -0.4 is 0 Å². The molecule has 1 rings (SSSR count). The third-order valence-electron chi connectivity index (χ3n) is 2.58. The van der Waals surface area contributed by atoms with Gasteiger partial charge in [-0.15, -0.1) is 0 Å². The minimum atomic E-state index is -0.615. The van der Waals surface area contributed by atoms with Crippen LogP contribution in [0.15, 0.2) is 30.3 Å². The quantitative estimate of drug-likeness (QED) is 0.566. The molecule has 0 N–H and O–H groups in total. The van der Waals surface area contributed by atoms with Gasteiger partial charge in [0.2, 0.25) is 0 Å². The molecule has 114 valence electrons. The zero-order valence-corrected chi connectivity index (χ0v) is 12.2. The lowest BCUT2D eigenvalue weighted by Crippen LogP contribution is -2.33. The van der Waals surface area contributed by atoms with Gasteiger partial charge < -0.3 is 14.4 Å². The summed E-state index contributed by atoms with van der Waals surface area (Å²) >= 11 is 0. The van der Waals surface area contributed by atoms with E-state index in [0.29, 0.717) is 0 Å². The van der Waals surface area contributed by atoms with Gasteiger partial charge in [0.05, 0.1) is 13.2 Å². The molecule has 0 bridgehead atoms. The van der Waals surface area contributed by atoms with E-state index in [1.54, 1.807) is 6.92 Å². The monoisotopic (exact) mass is 293 g/mol. The molecule has 0 atom stereocenters. The van der Waals surface area contributed by atoms with Gasteiger partial charge in [0.15, 0.2) is 5.78 Å². The maximum Gasteiger partial charge on any atom is 0.410 e. The first-order valence-electron chi connectivity index (χ1n) is 6.62. The lowest BCUT2D eigenvalue weighted by atomic mass is 10.2. The average molecular weight is 293 g/mol. The number of nitrogens with zero attached hydrogens (tertiary/aromatic N) is 1. The fourth-order valence-electron chi connectivity index (χ4n) is 1.59.